The van der Waals surface area contributed by atoms with Gasteiger partial charge in [-0.05, 0) is 70.9 Å². The molecule has 0 saturated heterocycles. The van der Waals surface area contributed by atoms with Crippen LogP contribution >= 0.6 is 15.9 Å². The number of aryl methyl sites for hydroxylation is 2. The first kappa shape index (κ1) is 24.9. The van der Waals surface area contributed by atoms with E-state index in [-0.39, 0.29) is 18.4 Å². The van der Waals surface area contributed by atoms with Gasteiger partial charge in [0.1, 0.15) is 11.8 Å². The molecule has 2 aromatic carbocycles. The highest BCUT2D eigenvalue weighted by Crippen LogP contribution is 2.26. The van der Waals surface area contributed by atoms with Crippen LogP contribution in [0.15, 0.2) is 46.9 Å². The van der Waals surface area contributed by atoms with E-state index in [9.17, 15) is 9.59 Å². The topological polar surface area (TPSA) is 58.6 Å². The maximum Gasteiger partial charge on any atom is 0.261 e. The van der Waals surface area contributed by atoms with E-state index >= 15 is 0 Å². The van der Waals surface area contributed by atoms with Crippen LogP contribution in [0.5, 0.6) is 5.75 Å². The van der Waals surface area contributed by atoms with Crippen molar-refractivity contribution in [3.63, 3.8) is 0 Å². The maximum absolute atomic E-state index is 13.3. The fourth-order valence-electron chi connectivity index (χ4n) is 3.36. The summed E-state index contributed by atoms with van der Waals surface area (Å²) >= 11 is 3.52. The first-order valence-electron chi connectivity index (χ1n) is 10.9. The van der Waals surface area contributed by atoms with E-state index in [1.54, 1.807) is 4.90 Å². The number of nitrogens with one attached hydrogen (secondary N) is 1. The summed E-state index contributed by atoms with van der Waals surface area (Å²) in [5.74, 6) is 0.276. The van der Waals surface area contributed by atoms with Gasteiger partial charge in [-0.2, -0.15) is 0 Å². The van der Waals surface area contributed by atoms with Crippen molar-refractivity contribution in [2.45, 2.75) is 59.5 Å². The van der Waals surface area contributed by atoms with Crippen molar-refractivity contribution in [2.75, 3.05) is 13.2 Å². The van der Waals surface area contributed by atoms with Gasteiger partial charge in [-0.25, -0.2) is 0 Å². The van der Waals surface area contributed by atoms with Gasteiger partial charge in [0.2, 0.25) is 5.91 Å². The van der Waals surface area contributed by atoms with Gasteiger partial charge in [0, 0.05) is 13.1 Å². The third kappa shape index (κ3) is 7.10. The van der Waals surface area contributed by atoms with Crippen LogP contribution in [0.25, 0.3) is 0 Å². The van der Waals surface area contributed by atoms with Crippen LogP contribution in [0.1, 0.15) is 50.3 Å². The van der Waals surface area contributed by atoms with Crippen molar-refractivity contribution in [1.82, 2.24) is 10.2 Å². The minimum absolute atomic E-state index is 0.125. The van der Waals surface area contributed by atoms with Gasteiger partial charge in [0.15, 0.2) is 6.61 Å². The molecule has 1 N–H and O–H groups in total. The summed E-state index contributed by atoms with van der Waals surface area (Å²) < 4.78 is 6.65. The highest BCUT2D eigenvalue weighted by atomic mass is 79.9. The normalized spacial score (nSPS) is 11.6. The molecule has 31 heavy (non-hydrogen) atoms. The van der Waals surface area contributed by atoms with Gasteiger partial charge < -0.3 is 15.0 Å². The Bertz CT molecular complexity index is 885. The second-order valence-electron chi connectivity index (χ2n) is 7.57. The lowest BCUT2D eigenvalue weighted by Crippen LogP contribution is -2.50. The Kier molecular flexibility index (Phi) is 10.0. The van der Waals surface area contributed by atoms with E-state index in [0.717, 1.165) is 28.4 Å². The van der Waals surface area contributed by atoms with E-state index in [0.29, 0.717) is 25.3 Å². The molecule has 0 unspecified atom stereocenters. The minimum atomic E-state index is -0.548. The van der Waals surface area contributed by atoms with Gasteiger partial charge in [-0.15, -0.1) is 0 Å². The van der Waals surface area contributed by atoms with Crippen molar-refractivity contribution in [1.29, 1.82) is 0 Å². The predicted octanol–water partition coefficient (Wildman–Crippen LogP) is 5.03. The average molecular weight is 489 g/mol. The number of carbonyl (C=O) groups is 2. The Morgan fingerprint density at radius 3 is 2.48 bits per heavy atom. The first-order chi connectivity index (χ1) is 14.9. The molecule has 0 spiro atoms. The highest BCUT2D eigenvalue weighted by molar-refractivity contribution is 9.10. The van der Waals surface area contributed by atoms with Gasteiger partial charge in [0.05, 0.1) is 4.47 Å². The van der Waals surface area contributed by atoms with Gasteiger partial charge in [0.25, 0.3) is 5.91 Å². The number of hydrogen-bond donors (Lipinski definition) is 1. The highest BCUT2D eigenvalue weighted by Gasteiger charge is 2.29. The molecule has 0 aliphatic carbocycles. The molecule has 168 valence electrons. The third-order valence-electron chi connectivity index (χ3n) is 5.29. The van der Waals surface area contributed by atoms with Crippen molar-refractivity contribution >= 4 is 27.7 Å². The lowest BCUT2D eigenvalue weighted by Gasteiger charge is -2.31. The van der Waals surface area contributed by atoms with Crippen LogP contribution in [0, 0.1) is 6.92 Å². The quantitative estimate of drug-likeness (QED) is 0.482. The summed E-state index contributed by atoms with van der Waals surface area (Å²) in [5, 5.41) is 2.93. The van der Waals surface area contributed by atoms with E-state index in [4.69, 9.17) is 4.74 Å². The number of carbonyl (C=O) groups excluding carboxylic acids is 2. The second-order valence-corrected chi connectivity index (χ2v) is 8.42. The van der Waals surface area contributed by atoms with E-state index < -0.39 is 6.04 Å². The van der Waals surface area contributed by atoms with Crippen molar-refractivity contribution in [3.05, 3.63) is 63.6 Å². The van der Waals surface area contributed by atoms with Crippen molar-refractivity contribution in [3.8, 4) is 5.75 Å². The lowest BCUT2D eigenvalue weighted by atomic mass is 10.1. The van der Waals surface area contributed by atoms with Crippen LogP contribution in [-0.4, -0.2) is 35.9 Å². The molecular formula is C25H33BrN2O3. The molecule has 6 heteroatoms. The monoisotopic (exact) mass is 488 g/mol. The first-order valence-corrected chi connectivity index (χ1v) is 11.7. The van der Waals surface area contributed by atoms with Crippen LogP contribution in [0.2, 0.25) is 0 Å². The van der Waals surface area contributed by atoms with Crippen LogP contribution in [0.3, 0.4) is 0 Å². The lowest BCUT2D eigenvalue weighted by molar-refractivity contribution is -0.143. The molecule has 0 bridgehead atoms. The molecule has 0 aliphatic rings. The summed E-state index contributed by atoms with van der Waals surface area (Å²) in [6, 6.07) is 13.2. The molecule has 0 aliphatic heterocycles. The zero-order valence-corrected chi connectivity index (χ0v) is 20.5. The fraction of sp³-hybridized carbons (Fsp3) is 0.440. The molecule has 0 fully saturated rings. The number of hydrogen-bond acceptors (Lipinski definition) is 3. The zero-order chi connectivity index (χ0) is 22.8. The van der Waals surface area contributed by atoms with Crippen LogP contribution < -0.4 is 10.1 Å². The predicted molar refractivity (Wildman–Crippen MR) is 128 cm³/mol. The molecule has 2 rings (SSSR count). The van der Waals surface area contributed by atoms with E-state index in [2.05, 4.69) is 28.2 Å². The molecule has 0 radical (unpaired) electrons. The van der Waals surface area contributed by atoms with E-state index in [1.807, 2.05) is 63.2 Å². The summed E-state index contributed by atoms with van der Waals surface area (Å²) in [7, 11) is 0. The fourth-order valence-corrected chi connectivity index (χ4v) is 3.90. The number of ether oxygens (including phenoxy) is 1. The number of halogens is 1. The molecule has 0 aromatic heterocycles. The average Bonchev–Trinajstić information content (AvgIpc) is 2.77. The summed E-state index contributed by atoms with van der Waals surface area (Å²) in [6.07, 6.45) is 2.30. The molecule has 0 heterocycles. The van der Waals surface area contributed by atoms with Crippen LogP contribution in [0.4, 0.5) is 0 Å². The van der Waals surface area contributed by atoms with E-state index in [1.165, 1.54) is 5.56 Å². The summed E-state index contributed by atoms with van der Waals surface area (Å²) in [4.78, 5) is 27.7. The molecule has 5 nitrogen and oxygen atoms in total. The number of rotatable bonds is 11. The standard InChI is InChI=1S/C25H33BrN2O3/c1-5-14-27-25(30)22(7-3)28(16-20-11-9-8-10-18(20)4)24(29)17-31-23-13-12-19(6-2)15-21(23)26/h8-13,15,22H,5-7,14,16-17H2,1-4H3,(H,27,30)/t22-/m0/s1. The largest absolute Gasteiger partial charge is 0.483 e. The maximum atomic E-state index is 13.3. The zero-order valence-electron chi connectivity index (χ0n) is 18.9. The van der Waals surface area contributed by atoms with Crippen molar-refractivity contribution < 1.29 is 14.3 Å². The SMILES string of the molecule is CCCNC(=O)[C@H](CC)N(Cc1ccccc1C)C(=O)COc1ccc(CC)cc1Br. The molecule has 2 amide bonds. The molecule has 0 saturated carbocycles. The van der Waals surface area contributed by atoms with Gasteiger partial charge >= 0.3 is 0 Å². The third-order valence-corrected chi connectivity index (χ3v) is 5.91. The summed E-state index contributed by atoms with van der Waals surface area (Å²) in [5.41, 5.74) is 3.29. The second kappa shape index (κ2) is 12.5. The number of benzene rings is 2. The van der Waals surface area contributed by atoms with Gasteiger partial charge in [-0.3, -0.25) is 9.59 Å². The number of nitrogens with zero attached hydrogens (tertiary/aromatic N) is 1. The van der Waals surface area contributed by atoms with Crippen molar-refractivity contribution in [2.24, 2.45) is 0 Å². The summed E-state index contributed by atoms with van der Waals surface area (Å²) in [6.45, 7) is 8.86. The smallest absolute Gasteiger partial charge is 0.261 e. The molecule has 2 aromatic rings. The molecular weight excluding hydrogens is 456 g/mol. The Labute approximate surface area is 194 Å². The Morgan fingerprint density at radius 1 is 1.13 bits per heavy atom. The van der Waals surface area contributed by atoms with Crippen LogP contribution in [-0.2, 0) is 22.6 Å². The molecule has 1 atom stereocenters. The van der Waals surface area contributed by atoms with Gasteiger partial charge in [-0.1, -0.05) is 51.1 Å². The minimum Gasteiger partial charge on any atom is -0.483 e. The Balaban J connectivity index is 2.22. The Hall–Kier alpha value is -2.34. The number of amides is 2. The Morgan fingerprint density at radius 2 is 1.87 bits per heavy atom.